The first-order valence-electron chi connectivity index (χ1n) is 6.73. The van der Waals surface area contributed by atoms with E-state index < -0.39 is 11.7 Å². The Morgan fingerprint density at radius 3 is 2.50 bits per heavy atom. The Kier molecular flexibility index (Phi) is 5.71. The molecular weight excluding hydrogens is 389 g/mol. The first-order valence-corrected chi connectivity index (χ1v) is 7.53. The summed E-state index contributed by atoms with van der Waals surface area (Å²) < 4.78 is 49.0. The van der Waals surface area contributed by atoms with Gasteiger partial charge in [0.25, 0.3) is 0 Å². The van der Waals surface area contributed by atoms with Crippen LogP contribution in [-0.2, 0) is 6.18 Å². The number of alkyl halides is 3. The quantitative estimate of drug-likeness (QED) is 0.569. The van der Waals surface area contributed by atoms with Gasteiger partial charge in [0.15, 0.2) is 11.5 Å². The third-order valence-electron chi connectivity index (χ3n) is 3.10. The van der Waals surface area contributed by atoms with Gasteiger partial charge in [0.2, 0.25) is 0 Å². The number of nitrogens with one attached hydrogen (secondary N) is 1. The SMILES string of the molecule is COc1ccc(C=NNc2cccc(C(F)(F)F)c2)c(Br)c1OC. The van der Waals surface area contributed by atoms with Gasteiger partial charge in [0.1, 0.15) is 0 Å². The molecule has 128 valence electrons. The van der Waals surface area contributed by atoms with Crippen LogP contribution in [-0.4, -0.2) is 20.4 Å². The van der Waals surface area contributed by atoms with Crippen molar-refractivity contribution in [2.24, 2.45) is 5.10 Å². The van der Waals surface area contributed by atoms with Gasteiger partial charge < -0.3 is 9.47 Å². The van der Waals surface area contributed by atoms with Crippen LogP contribution < -0.4 is 14.9 Å². The Hall–Kier alpha value is -2.22. The normalized spacial score (nSPS) is 11.6. The predicted octanol–water partition coefficient (Wildman–Crippen LogP) is 4.93. The van der Waals surface area contributed by atoms with E-state index in [1.165, 1.54) is 32.6 Å². The van der Waals surface area contributed by atoms with Gasteiger partial charge in [-0.05, 0) is 46.3 Å². The molecule has 2 aromatic rings. The lowest BCUT2D eigenvalue weighted by Crippen LogP contribution is -2.05. The molecule has 0 aliphatic rings. The Balaban J connectivity index is 2.18. The fourth-order valence-electron chi connectivity index (χ4n) is 1.95. The van der Waals surface area contributed by atoms with Crippen molar-refractivity contribution in [2.45, 2.75) is 6.18 Å². The zero-order chi connectivity index (χ0) is 17.7. The maximum absolute atomic E-state index is 12.7. The van der Waals surface area contributed by atoms with E-state index in [4.69, 9.17) is 9.47 Å². The van der Waals surface area contributed by atoms with E-state index in [1.807, 2.05) is 0 Å². The largest absolute Gasteiger partial charge is 0.493 e. The summed E-state index contributed by atoms with van der Waals surface area (Å²) in [6.45, 7) is 0. The van der Waals surface area contributed by atoms with Crippen LogP contribution in [0.3, 0.4) is 0 Å². The molecule has 1 N–H and O–H groups in total. The summed E-state index contributed by atoms with van der Waals surface area (Å²) in [5.41, 5.74) is 2.74. The van der Waals surface area contributed by atoms with E-state index in [0.29, 0.717) is 21.5 Å². The van der Waals surface area contributed by atoms with Crippen LogP contribution in [0.25, 0.3) is 0 Å². The molecule has 24 heavy (non-hydrogen) atoms. The average Bonchev–Trinajstić information content (AvgIpc) is 2.55. The number of anilines is 1. The zero-order valence-electron chi connectivity index (χ0n) is 12.8. The first-order chi connectivity index (χ1) is 11.4. The highest BCUT2D eigenvalue weighted by Crippen LogP contribution is 2.37. The van der Waals surface area contributed by atoms with Crippen LogP contribution in [0.15, 0.2) is 46.0 Å². The molecule has 0 saturated carbocycles. The van der Waals surface area contributed by atoms with Crippen molar-refractivity contribution in [3.05, 3.63) is 52.0 Å². The maximum atomic E-state index is 12.7. The number of hydrogen-bond acceptors (Lipinski definition) is 4. The van der Waals surface area contributed by atoms with Crippen molar-refractivity contribution in [3.63, 3.8) is 0 Å². The molecule has 0 radical (unpaired) electrons. The third kappa shape index (κ3) is 4.19. The Morgan fingerprint density at radius 2 is 1.88 bits per heavy atom. The van der Waals surface area contributed by atoms with Gasteiger partial charge in [-0.2, -0.15) is 18.3 Å². The number of ether oxygens (including phenoxy) is 2. The molecule has 0 saturated heterocycles. The minimum Gasteiger partial charge on any atom is -0.493 e. The summed E-state index contributed by atoms with van der Waals surface area (Å²) in [7, 11) is 3.03. The van der Waals surface area contributed by atoms with Crippen LogP contribution in [0.1, 0.15) is 11.1 Å². The number of methoxy groups -OCH3 is 2. The van der Waals surface area contributed by atoms with Crippen molar-refractivity contribution in [1.82, 2.24) is 0 Å². The highest BCUT2D eigenvalue weighted by molar-refractivity contribution is 9.10. The summed E-state index contributed by atoms with van der Waals surface area (Å²) in [5.74, 6) is 1.05. The molecule has 0 atom stereocenters. The number of halogens is 4. The zero-order valence-corrected chi connectivity index (χ0v) is 14.4. The van der Waals surface area contributed by atoms with Crippen LogP contribution in [0, 0.1) is 0 Å². The molecule has 2 rings (SSSR count). The second kappa shape index (κ2) is 7.57. The Morgan fingerprint density at radius 1 is 1.12 bits per heavy atom. The molecule has 0 spiro atoms. The van der Waals surface area contributed by atoms with Crippen molar-refractivity contribution in [1.29, 1.82) is 0 Å². The number of benzene rings is 2. The molecule has 0 unspecified atom stereocenters. The number of rotatable bonds is 5. The molecule has 4 nitrogen and oxygen atoms in total. The molecule has 0 aliphatic heterocycles. The minimum atomic E-state index is -4.40. The van der Waals surface area contributed by atoms with Gasteiger partial charge in [-0.15, -0.1) is 0 Å². The summed E-state index contributed by atoms with van der Waals surface area (Å²) in [6, 6.07) is 8.24. The fraction of sp³-hybridized carbons (Fsp3) is 0.188. The van der Waals surface area contributed by atoms with Crippen LogP contribution >= 0.6 is 15.9 Å². The molecule has 0 aromatic heterocycles. The monoisotopic (exact) mass is 402 g/mol. The van der Waals surface area contributed by atoms with E-state index in [9.17, 15) is 13.2 Å². The topological polar surface area (TPSA) is 42.8 Å². The van der Waals surface area contributed by atoms with E-state index in [1.54, 1.807) is 12.1 Å². The van der Waals surface area contributed by atoms with E-state index >= 15 is 0 Å². The standard InChI is InChI=1S/C16H14BrF3N2O2/c1-23-13-7-6-10(14(17)15(13)24-2)9-21-22-12-5-3-4-11(8-12)16(18,19)20/h3-9,22H,1-2H3. The minimum absolute atomic E-state index is 0.234. The summed E-state index contributed by atoms with van der Waals surface area (Å²) in [6.07, 6.45) is -2.93. The van der Waals surface area contributed by atoms with Gasteiger partial charge in [-0.25, -0.2) is 0 Å². The third-order valence-corrected chi connectivity index (χ3v) is 3.92. The van der Waals surface area contributed by atoms with Gasteiger partial charge in [-0.3, -0.25) is 5.43 Å². The van der Waals surface area contributed by atoms with Crippen LogP contribution in [0.4, 0.5) is 18.9 Å². The van der Waals surface area contributed by atoms with Gasteiger partial charge in [0.05, 0.1) is 36.2 Å². The summed E-state index contributed by atoms with van der Waals surface area (Å²) >= 11 is 3.38. The van der Waals surface area contributed by atoms with Gasteiger partial charge in [-0.1, -0.05) is 6.07 Å². The van der Waals surface area contributed by atoms with Crippen molar-refractivity contribution >= 4 is 27.8 Å². The molecule has 8 heteroatoms. The number of hydrazone groups is 1. The maximum Gasteiger partial charge on any atom is 0.416 e. The van der Waals surface area contributed by atoms with Crippen LogP contribution in [0.5, 0.6) is 11.5 Å². The number of nitrogens with zero attached hydrogens (tertiary/aromatic N) is 1. The predicted molar refractivity (Wildman–Crippen MR) is 89.9 cm³/mol. The smallest absolute Gasteiger partial charge is 0.416 e. The highest BCUT2D eigenvalue weighted by atomic mass is 79.9. The van der Waals surface area contributed by atoms with Crippen molar-refractivity contribution in [2.75, 3.05) is 19.6 Å². The van der Waals surface area contributed by atoms with Gasteiger partial charge >= 0.3 is 6.18 Å². The molecule has 0 aliphatic carbocycles. The van der Waals surface area contributed by atoms with Crippen LogP contribution in [0.2, 0.25) is 0 Å². The lowest BCUT2D eigenvalue weighted by Gasteiger charge is -2.11. The average molecular weight is 403 g/mol. The van der Waals surface area contributed by atoms with Crippen molar-refractivity contribution < 1.29 is 22.6 Å². The molecule has 0 fully saturated rings. The van der Waals surface area contributed by atoms with Crippen molar-refractivity contribution in [3.8, 4) is 11.5 Å². The lowest BCUT2D eigenvalue weighted by molar-refractivity contribution is -0.137. The highest BCUT2D eigenvalue weighted by Gasteiger charge is 2.30. The second-order valence-corrected chi connectivity index (χ2v) is 5.45. The van der Waals surface area contributed by atoms with E-state index in [2.05, 4.69) is 26.5 Å². The Bertz CT molecular complexity index is 749. The van der Waals surface area contributed by atoms with E-state index in [0.717, 1.165) is 12.1 Å². The first kappa shape index (κ1) is 18.1. The molecule has 0 bridgehead atoms. The molecule has 0 heterocycles. The summed E-state index contributed by atoms with van der Waals surface area (Å²) in [4.78, 5) is 0. The molecular formula is C16H14BrF3N2O2. The lowest BCUT2D eigenvalue weighted by atomic mass is 10.2. The van der Waals surface area contributed by atoms with E-state index in [-0.39, 0.29) is 5.69 Å². The van der Waals surface area contributed by atoms with Gasteiger partial charge in [0, 0.05) is 5.56 Å². The number of hydrogen-bond donors (Lipinski definition) is 1. The second-order valence-electron chi connectivity index (χ2n) is 4.65. The molecule has 0 amide bonds. The molecule has 2 aromatic carbocycles. The Labute approximate surface area is 145 Å². The summed E-state index contributed by atoms with van der Waals surface area (Å²) in [5, 5.41) is 3.96. The fourth-order valence-corrected chi connectivity index (χ4v) is 2.54.